The second-order valence-electron chi connectivity index (χ2n) is 16.9. The maximum atomic E-state index is 10.8. The summed E-state index contributed by atoms with van der Waals surface area (Å²) in [5, 5.41) is 17.2. The Balaban J connectivity index is 0.000000303. The van der Waals surface area contributed by atoms with E-state index < -0.39 is 0 Å². The van der Waals surface area contributed by atoms with Crippen LogP contribution in [-0.4, -0.2) is 18.8 Å². The number of benzene rings is 6. The predicted octanol–water partition coefficient (Wildman–Crippen LogP) is 18.6. The van der Waals surface area contributed by atoms with Gasteiger partial charge in [-0.2, -0.15) is 0 Å². The lowest BCUT2D eigenvalue weighted by atomic mass is 9.92. The number of ether oxygens (including phenoxy) is 1. The lowest BCUT2D eigenvalue weighted by molar-refractivity contribution is 0.242. The average Bonchev–Trinajstić information content (AvgIpc) is 3.54. The molecule has 0 atom stereocenters. The first kappa shape index (κ1) is 55.3. The zero-order valence-electron chi connectivity index (χ0n) is 44.1. The smallest absolute Gasteiger partial charge is 0.143 e. The fourth-order valence-corrected chi connectivity index (χ4v) is 8.70. The zero-order chi connectivity index (χ0) is 51.3. The van der Waals surface area contributed by atoms with Crippen LogP contribution in [-0.2, 0) is 11.2 Å². The summed E-state index contributed by atoms with van der Waals surface area (Å²) in [5.74, 6) is 1.17. The first-order valence-corrected chi connectivity index (χ1v) is 25.0. The van der Waals surface area contributed by atoms with Crippen molar-refractivity contribution in [2.75, 3.05) is 23.5 Å². The third-order valence-corrected chi connectivity index (χ3v) is 12.0. The number of aliphatic hydroxyl groups is 1. The van der Waals surface area contributed by atoms with Crippen molar-refractivity contribution in [1.82, 2.24) is 0 Å². The van der Waals surface area contributed by atoms with E-state index in [2.05, 4.69) is 217 Å². The van der Waals surface area contributed by atoms with Gasteiger partial charge >= 0.3 is 0 Å². The normalized spacial score (nSPS) is 14.6. The van der Waals surface area contributed by atoms with E-state index in [4.69, 9.17) is 4.74 Å². The number of allylic oxidation sites excluding steroid dienone is 10. The number of aliphatic hydroxyl groups excluding tert-OH is 1. The molecule has 1 heterocycles. The molecule has 1 N–H and O–H groups in total. The van der Waals surface area contributed by atoms with Gasteiger partial charge in [-0.1, -0.05) is 170 Å². The van der Waals surface area contributed by atoms with Gasteiger partial charge in [0.05, 0.1) is 11.4 Å². The van der Waals surface area contributed by atoms with Crippen molar-refractivity contribution in [3.8, 4) is 0 Å². The maximum Gasteiger partial charge on any atom is 0.143 e. The molecule has 70 heavy (non-hydrogen) atoms. The molecule has 1 aliphatic heterocycles. The molecule has 1 aliphatic carbocycles. The van der Waals surface area contributed by atoms with Crippen molar-refractivity contribution in [3.05, 3.63) is 239 Å². The largest absolute Gasteiger partial charge is 0.507 e. The molecule has 0 saturated heterocycles. The Morgan fingerprint density at radius 1 is 0.729 bits per heavy atom. The van der Waals surface area contributed by atoms with Crippen LogP contribution in [0.5, 0.6) is 0 Å². The Morgan fingerprint density at radius 3 is 1.99 bits per heavy atom. The predicted molar refractivity (Wildman–Crippen MR) is 311 cm³/mol. The highest BCUT2D eigenvalue weighted by Gasteiger charge is 2.21. The van der Waals surface area contributed by atoms with Crippen LogP contribution < -0.4 is 15.0 Å². The van der Waals surface area contributed by atoms with Gasteiger partial charge in [0, 0.05) is 41.5 Å². The standard InChI is InChI=1S/C38H37NO.C22H25NO.2C2H6.C2H4/c1-7-12-28-17-18-29-20-22-35(34-21-19-27(8-2)36(28)37(29)34)39(31-15-10-13-26(6)23-31)32-16-11-14-30(24-32)33(9-3)38(40)25(4)5;1-17-10-8-13-20(15-17)23(3)21-14-7-6-12-19-11-5-4-9-18(2)16-24-22(19)21;3*1-2/h9-24,40H,3-4,7-8H2,1-2,5-6H3;4-10,12-13,15H,11,14,16H2,1-3H3;2*1-2H3;1-2H2/b28-12-,38-33-;5-4-,18-9-;;;. The molecule has 2 aliphatic rings. The molecule has 8 rings (SSSR count). The molecule has 6 aromatic rings. The van der Waals surface area contributed by atoms with Crippen LogP contribution in [0, 0.1) is 13.8 Å². The van der Waals surface area contributed by atoms with E-state index in [1.54, 1.807) is 13.0 Å². The van der Waals surface area contributed by atoms with Gasteiger partial charge in [-0.05, 0) is 150 Å². The molecule has 0 spiro atoms. The summed E-state index contributed by atoms with van der Waals surface area (Å²) >= 11 is 0. The average molecular weight is 931 g/mol. The minimum absolute atomic E-state index is 0.157. The van der Waals surface area contributed by atoms with E-state index in [9.17, 15) is 5.11 Å². The van der Waals surface area contributed by atoms with E-state index >= 15 is 0 Å². The van der Waals surface area contributed by atoms with E-state index in [-0.39, 0.29) is 5.76 Å². The Hall–Kier alpha value is -7.30. The van der Waals surface area contributed by atoms with Crippen LogP contribution in [0.3, 0.4) is 0 Å². The molecule has 0 fully saturated rings. The summed E-state index contributed by atoms with van der Waals surface area (Å²) in [6.45, 7) is 35.1. The molecule has 6 aromatic carbocycles. The summed E-state index contributed by atoms with van der Waals surface area (Å²) in [4.78, 5) is 4.58. The number of nitrogens with zero attached hydrogens (tertiary/aromatic N) is 2. The van der Waals surface area contributed by atoms with E-state index in [0.717, 1.165) is 54.1 Å². The van der Waals surface area contributed by atoms with E-state index in [0.29, 0.717) is 17.8 Å². The molecular weight excluding hydrogens is 853 g/mol. The first-order chi connectivity index (χ1) is 34.0. The molecule has 4 nitrogen and oxygen atoms in total. The SMILES string of the molecule is C/C1=C/C=C\CC2=CC=CCC(N(C)c3cccc(C)c3)=C2OC1.C=C.C=C/C(=C(/O)C(=C)C)c1cccc(N(c2cccc(C)c2)c2ccc3cc/c(=C/CC)c4c(CC)ccc2c34)c1.CC.CC. The Morgan fingerprint density at radius 2 is 1.34 bits per heavy atom. The Bertz CT molecular complexity index is 2990. The highest BCUT2D eigenvalue weighted by Crippen LogP contribution is 2.43. The van der Waals surface area contributed by atoms with Crippen LogP contribution in [0.4, 0.5) is 22.7 Å². The fraction of sp³-hybridized carbons (Fsp3) is 0.242. The molecule has 0 saturated carbocycles. The number of hydrogen-bond donors (Lipinski definition) is 1. The van der Waals surface area contributed by atoms with Crippen LogP contribution in [0.25, 0.3) is 33.2 Å². The monoisotopic (exact) mass is 931 g/mol. The quantitative estimate of drug-likeness (QED) is 0.0843. The number of rotatable bonds is 10. The Kier molecular flexibility index (Phi) is 21.8. The minimum atomic E-state index is 0.157. The molecule has 0 radical (unpaired) electrons. The van der Waals surface area contributed by atoms with Crippen molar-refractivity contribution >= 4 is 55.9 Å². The Labute approximate surface area is 421 Å². The van der Waals surface area contributed by atoms with Gasteiger partial charge in [0.1, 0.15) is 18.1 Å². The van der Waals surface area contributed by atoms with Gasteiger partial charge in [-0.15, -0.1) is 13.2 Å². The van der Waals surface area contributed by atoms with Crippen LogP contribution in [0.2, 0.25) is 0 Å². The number of aryl methyl sites for hydroxylation is 3. The third kappa shape index (κ3) is 13.3. The van der Waals surface area contributed by atoms with Crippen LogP contribution in [0.15, 0.2) is 212 Å². The fourth-order valence-electron chi connectivity index (χ4n) is 8.70. The second kappa shape index (κ2) is 27.6. The minimum Gasteiger partial charge on any atom is -0.507 e. The zero-order valence-corrected chi connectivity index (χ0v) is 44.1. The van der Waals surface area contributed by atoms with Gasteiger partial charge in [-0.25, -0.2) is 0 Å². The number of anilines is 4. The lowest BCUT2D eigenvalue weighted by Gasteiger charge is -2.28. The summed E-state index contributed by atoms with van der Waals surface area (Å²) < 4.78 is 6.27. The topological polar surface area (TPSA) is 35.9 Å². The van der Waals surface area contributed by atoms with Gasteiger partial charge in [-0.3, -0.25) is 0 Å². The highest BCUT2D eigenvalue weighted by molar-refractivity contribution is 6.17. The number of fused-ring (bicyclic) bond motifs is 1. The van der Waals surface area contributed by atoms with E-state index in [1.807, 2.05) is 39.8 Å². The molecule has 0 amide bonds. The van der Waals surface area contributed by atoms with Crippen molar-refractivity contribution in [1.29, 1.82) is 0 Å². The summed E-state index contributed by atoms with van der Waals surface area (Å²) in [5.41, 5.74) is 14.1. The third-order valence-electron chi connectivity index (χ3n) is 12.0. The molecule has 0 aromatic heterocycles. The van der Waals surface area contributed by atoms with Crippen LogP contribution in [0.1, 0.15) is 96.9 Å². The maximum absolute atomic E-state index is 10.8. The summed E-state index contributed by atoms with van der Waals surface area (Å²) in [6, 6.07) is 39.1. The van der Waals surface area contributed by atoms with Crippen molar-refractivity contribution < 1.29 is 9.84 Å². The molecule has 4 heteroatoms. The van der Waals surface area contributed by atoms with Gasteiger partial charge in [0.2, 0.25) is 0 Å². The van der Waals surface area contributed by atoms with Crippen molar-refractivity contribution in [2.24, 2.45) is 0 Å². The first-order valence-electron chi connectivity index (χ1n) is 25.0. The second-order valence-corrected chi connectivity index (χ2v) is 16.9. The van der Waals surface area contributed by atoms with Crippen molar-refractivity contribution in [3.63, 3.8) is 0 Å². The molecule has 0 unspecified atom stereocenters. The highest BCUT2D eigenvalue weighted by atomic mass is 16.5. The van der Waals surface area contributed by atoms with Gasteiger partial charge in [0.25, 0.3) is 0 Å². The molecule has 0 bridgehead atoms. The summed E-state index contributed by atoms with van der Waals surface area (Å²) in [7, 11) is 2.13. The van der Waals surface area contributed by atoms with Gasteiger partial charge < -0.3 is 19.6 Å². The van der Waals surface area contributed by atoms with E-state index in [1.165, 1.54) is 66.0 Å². The summed E-state index contributed by atoms with van der Waals surface area (Å²) in [6.07, 6.45) is 20.7. The van der Waals surface area contributed by atoms with Gasteiger partial charge in [0.15, 0.2) is 0 Å². The molecular formula is C66H78N2O2. The van der Waals surface area contributed by atoms with Crippen LogP contribution >= 0.6 is 0 Å². The molecule has 364 valence electrons. The van der Waals surface area contributed by atoms with Crippen molar-refractivity contribution in [2.45, 2.75) is 94.9 Å². The lowest BCUT2D eigenvalue weighted by Crippen LogP contribution is -2.20. The number of hydrogen-bond acceptors (Lipinski definition) is 4.